The Morgan fingerprint density at radius 3 is 2.35 bits per heavy atom. The molecule has 0 bridgehead atoms. The van der Waals surface area contributed by atoms with Crippen molar-refractivity contribution in [3.63, 3.8) is 0 Å². The van der Waals surface area contributed by atoms with E-state index in [9.17, 15) is 8.42 Å². The molecule has 2 N–H and O–H groups in total. The molecule has 0 saturated carbocycles. The smallest absolute Gasteiger partial charge is 0.213 e. The lowest BCUT2D eigenvalue weighted by Crippen LogP contribution is -2.50. The van der Waals surface area contributed by atoms with Crippen molar-refractivity contribution >= 4 is 16.0 Å². The number of benzene rings is 1. The van der Waals surface area contributed by atoms with Crippen molar-refractivity contribution in [3.05, 3.63) is 34.9 Å². The van der Waals surface area contributed by atoms with Crippen LogP contribution in [0.3, 0.4) is 0 Å². The van der Waals surface area contributed by atoms with Crippen LogP contribution in [0, 0.1) is 13.8 Å². The van der Waals surface area contributed by atoms with Crippen molar-refractivity contribution in [2.24, 2.45) is 4.99 Å². The highest BCUT2D eigenvalue weighted by molar-refractivity contribution is 7.89. The Bertz CT molecular complexity index is 703. The Kier molecular flexibility index (Phi) is 7.46. The number of hydrogen-bond donors (Lipinski definition) is 2. The van der Waals surface area contributed by atoms with E-state index in [1.165, 1.54) is 16.7 Å². The second kappa shape index (κ2) is 9.37. The van der Waals surface area contributed by atoms with E-state index in [1.54, 1.807) is 18.3 Å². The first kappa shape index (κ1) is 20.7. The van der Waals surface area contributed by atoms with E-state index in [2.05, 4.69) is 47.7 Å². The maximum Gasteiger partial charge on any atom is 0.213 e. The zero-order chi connectivity index (χ0) is 19.2. The molecule has 1 saturated heterocycles. The van der Waals surface area contributed by atoms with Crippen LogP contribution in [0.2, 0.25) is 0 Å². The van der Waals surface area contributed by atoms with E-state index in [1.807, 2.05) is 0 Å². The zero-order valence-electron chi connectivity index (χ0n) is 16.4. The predicted octanol–water partition coefficient (Wildman–Crippen LogP) is 1.83. The predicted molar refractivity (Wildman–Crippen MR) is 108 cm³/mol. The molecule has 0 spiro atoms. The van der Waals surface area contributed by atoms with Crippen molar-refractivity contribution < 1.29 is 8.42 Å². The molecule has 6 nitrogen and oxygen atoms in total. The first-order valence-electron chi connectivity index (χ1n) is 9.36. The van der Waals surface area contributed by atoms with Gasteiger partial charge in [0.2, 0.25) is 10.0 Å². The molecule has 1 aromatic rings. The summed E-state index contributed by atoms with van der Waals surface area (Å²) in [6, 6.07) is 6.87. The van der Waals surface area contributed by atoms with Gasteiger partial charge < -0.3 is 10.6 Å². The number of aliphatic imine (C=N–C) groups is 1. The number of sulfonamides is 1. The quantitative estimate of drug-likeness (QED) is 0.583. The summed E-state index contributed by atoms with van der Waals surface area (Å²) < 4.78 is 25.5. The summed E-state index contributed by atoms with van der Waals surface area (Å²) in [7, 11) is -1.30. The molecule has 0 aliphatic carbocycles. The van der Waals surface area contributed by atoms with Crippen LogP contribution in [0.1, 0.15) is 36.5 Å². The standard InChI is InChI=1S/C19H32N4O2S/c1-5-26(24,25)23-10-7-18(8-11-23)22-19(20-4)21-9-6-17-13-15(2)12-16(3)14-17/h12-14,18H,5-11H2,1-4H3,(H2,20,21,22). The summed E-state index contributed by atoms with van der Waals surface area (Å²) in [4.78, 5) is 4.29. The molecule has 26 heavy (non-hydrogen) atoms. The largest absolute Gasteiger partial charge is 0.356 e. The van der Waals surface area contributed by atoms with E-state index >= 15 is 0 Å². The Labute approximate surface area is 158 Å². The van der Waals surface area contributed by atoms with Gasteiger partial charge in [0.25, 0.3) is 0 Å². The first-order chi connectivity index (χ1) is 12.3. The van der Waals surface area contributed by atoms with Crippen molar-refractivity contribution in [2.45, 2.75) is 46.1 Å². The summed E-state index contributed by atoms with van der Waals surface area (Å²) in [5, 5.41) is 6.79. The van der Waals surface area contributed by atoms with Crippen LogP contribution in [-0.4, -0.2) is 57.2 Å². The molecule has 1 heterocycles. The molecule has 0 amide bonds. The minimum Gasteiger partial charge on any atom is -0.356 e. The van der Waals surface area contributed by atoms with E-state index in [0.29, 0.717) is 13.1 Å². The maximum atomic E-state index is 11.9. The summed E-state index contributed by atoms with van der Waals surface area (Å²) in [6.07, 6.45) is 2.55. The number of nitrogens with one attached hydrogen (secondary N) is 2. The van der Waals surface area contributed by atoms with Gasteiger partial charge in [-0.15, -0.1) is 0 Å². The van der Waals surface area contributed by atoms with E-state index in [0.717, 1.165) is 31.8 Å². The van der Waals surface area contributed by atoms with Gasteiger partial charge in [0, 0.05) is 32.7 Å². The highest BCUT2D eigenvalue weighted by Gasteiger charge is 2.26. The molecule has 1 aromatic carbocycles. The third-order valence-corrected chi connectivity index (χ3v) is 6.65. The fourth-order valence-electron chi connectivity index (χ4n) is 3.39. The lowest BCUT2D eigenvalue weighted by atomic mass is 10.1. The van der Waals surface area contributed by atoms with E-state index in [4.69, 9.17) is 0 Å². The molecule has 0 unspecified atom stereocenters. The second-order valence-corrected chi connectivity index (χ2v) is 9.22. The van der Waals surface area contributed by atoms with Crippen LogP contribution < -0.4 is 10.6 Å². The highest BCUT2D eigenvalue weighted by atomic mass is 32.2. The van der Waals surface area contributed by atoms with Crippen molar-refractivity contribution in [1.82, 2.24) is 14.9 Å². The van der Waals surface area contributed by atoms with Gasteiger partial charge in [-0.2, -0.15) is 0 Å². The molecule has 0 radical (unpaired) electrons. The highest BCUT2D eigenvalue weighted by Crippen LogP contribution is 2.14. The average molecular weight is 381 g/mol. The summed E-state index contributed by atoms with van der Waals surface area (Å²) in [5.41, 5.74) is 3.90. The minimum absolute atomic E-state index is 0.173. The van der Waals surface area contributed by atoms with Gasteiger partial charge in [-0.3, -0.25) is 4.99 Å². The fourth-order valence-corrected chi connectivity index (χ4v) is 4.52. The summed E-state index contributed by atoms with van der Waals surface area (Å²) in [6.45, 7) is 7.90. The Morgan fingerprint density at radius 1 is 1.19 bits per heavy atom. The number of piperidine rings is 1. The molecule has 0 aromatic heterocycles. The zero-order valence-corrected chi connectivity index (χ0v) is 17.2. The van der Waals surface area contributed by atoms with Crippen molar-refractivity contribution in [3.8, 4) is 0 Å². The number of rotatable bonds is 6. The van der Waals surface area contributed by atoms with Crippen molar-refractivity contribution in [1.29, 1.82) is 0 Å². The monoisotopic (exact) mass is 380 g/mol. The van der Waals surface area contributed by atoms with Crippen LogP contribution in [0.15, 0.2) is 23.2 Å². The third kappa shape index (κ3) is 5.99. The van der Waals surface area contributed by atoms with Crippen LogP contribution >= 0.6 is 0 Å². The van der Waals surface area contributed by atoms with E-state index < -0.39 is 10.0 Å². The Hall–Kier alpha value is -1.60. The van der Waals surface area contributed by atoms with Gasteiger partial charge in [-0.1, -0.05) is 29.3 Å². The third-order valence-electron chi connectivity index (χ3n) is 4.76. The Balaban J connectivity index is 1.78. The number of hydrogen-bond acceptors (Lipinski definition) is 3. The van der Waals surface area contributed by atoms with Gasteiger partial charge in [0.1, 0.15) is 0 Å². The van der Waals surface area contributed by atoms with Crippen LogP contribution in [0.4, 0.5) is 0 Å². The SMILES string of the molecule is CCS(=O)(=O)N1CCC(NC(=NC)NCCc2cc(C)cc(C)c2)CC1. The molecule has 1 fully saturated rings. The lowest BCUT2D eigenvalue weighted by Gasteiger charge is -2.32. The first-order valence-corrected chi connectivity index (χ1v) is 11.0. The van der Waals surface area contributed by atoms with Gasteiger partial charge >= 0.3 is 0 Å². The average Bonchev–Trinajstić information content (AvgIpc) is 2.60. The number of nitrogens with zero attached hydrogens (tertiary/aromatic N) is 2. The molecular formula is C19H32N4O2S. The molecule has 0 atom stereocenters. The van der Waals surface area contributed by atoms with Gasteiger partial charge in [0.05, 0.1) is 5.75 Å². The van der Waals surface area contributed by atoms with Crippen LogP contribution in [0.25, 0.3) is 0 Å². The lowest BCUT2D eigenvalue weighted by molar-refractivity contribution is 0.306. The number of guanidine groups is 1. The van der Waals surface area contributed by atoms with Gasteiger partial charge in [-0.25, -0.2) is 12.7 Å². The normalized spacial score (nSPS) is 17.3. The molecule has 1 aliphatic heterocycles. The molecular weight excluding hydrogens is 348 g/mol. The van der Waals surface area contributed by atoms with Gasteiger partial charge in [-0.05, 0) is 45.6 Å². The number of aryl methyl sites for hydroxylation is 2. The summed E-state index contributed by atoms with van der Waals surface area (Å²) >= 11 is 0. The molecule has 1 aliphatic rings. The molecule has 7 heteroatoms. The fraction of sp³-hybridized carbons (Fsp3) is 0.632. The van der Waals surface area contributed by atoms with Crippen LogP contribution in [-0.2, 0) is 16.4 Å². The second-order valence-electron chi connectivity index (χ2n) is 6.96. The van der Waals surface area contributed by atoms with E-state index in [-0.39, 0.29) is 11.8 Å². The summed E-state index contributed by atoms with van der Waals surface area (Å²) in [5.74, 6) is 0.957. The topological polar surface area (TPSA) is 73.8 Å². The maximum absolute atomic E-state index is 11.9. The van der Waals surface area contributed by atoms with Gasteiger partial charge in [0.15, 0.2) is 5.96 Å². The minimum atomic E-state index is -3.07. The molecule has 2 rings (SSSR count). The van der Waals surface area contributed by atoms with Crippen LogP contribution in [0.5, 0.6) is 0 Å². The van der Waals surface area contributed by atoms with Crippen molar-refractivity contribution in [2.75, 3.05) is 32.4 Å². The molecule has 146 valence electrons. The Morgan fingerprint density at radius 2 is 1.81 bits per heavy atom.